The van der Waals surface area contributed by atoms with Gasteiger partial charge in [0.1, 0.15) is 13.2 Å². The molecule has 2 aliphatic rings. The van der Waals surface area contributed by atoms with Gasteiger partial charge in [0.25, 0.3) is 11.9 Å². The molecule has 0 unspecified atom stereocenters. The lowest BCUT2D eigenvalue weighted by Crippen LogP contribution is -2.39. The molecule has 2 fully saturated rings. The van der Waals surface area contributed by atoms with E-state index in [-0.39, 0.29) is 13.2 Å². The molecule has 6 nitrogen and oxygen atoms in total. The highest BCUT2D eigenvalue weighted by Gasteiger charge is 2.49. The van der Waals surface area contributed by atoms with Crippen LogP contribution in [0.5, 0.6) is 0 Å². The van der Waals surface area contributed by atoms with Crippen LogP contribution in [0.1, 0.15) is 0 Å². The van der Waals surface area contributed by atoms with Crippen LogP contribution in [0.4, 0.5) is 0 Å². The van der Waals surface area contributed by atoms with Crippen molar-refractivity contribution in [1.29, 1.82) is 0 Å². The van der Waals surface area contributed by atoms with Gasteiger partial charge < -0.3 is 18.6 Å². The number of carbonyl (C=O) groups is 2. The Morgan fingerprint density at radius 2 is 1.45 bits per heavy atom. The largest absolute Gasteiger partial charge is 0.656 e. The molecular formula is C4H4BO6-. The summed E-state index contributed by atoms with van der Waals surface area (Å²) in [6.45, 7) is -2.97. The van der Waals surface area contributed by atoms with Gasteiger partial charge in [0.2, 0.25) is 0 Å². The Morgan fingerprint density at radius 3 is 1.73 bits per heavy atom. The highest BCUT2D eigenvalue weighted by atomic mass is 16.9. The Kier molecular flexibility index (Phi) is 1.18. The minimum absolute atomic E-state index is 0.229. The summed E-state index contributed by atoms with van der Waals surface area (Å²) in [6, 6.07) is 0. The monoisotopic (exact) mass is 159 g/mol. The van der Waals surface area contributed by atoms with Crippen molar-refractivity contribution in [2.45, 2.75) is 0 Å². The molecule has 0 amide bonds. The predicted molar refractivity (Wildman–Crippen MR) is 29.8 cm³/mol. The summed E-state index contributed by atoms with van der Waals surface area (Å²) in [6.07, 6.45) is 0. The highest BCUT2D eigenvalue weighted by molar-refractivity contribution is 6.60. The predicted octanol–water partition coefficient (Wildman–Crippen LogP) is -1.43. The van der Waals surface area contributed by atoms with Crippen LogP contribution in [0.15, 0.2) is 0 Å². The topological polar surface area (TPSA) is 71.1 Å². The van der Waals surface area contributed by atoms with Gasteiger partial charge in [-0.1, -0.05) is 0 Å². The van der Waals surface area contributed by atoms with Crippen LogP contribution in [0, 0.1) is 0 Å². The maximum absolute atomic E-state index is 10.5. The van der Waals surface area contributed by atoms with E-state index in [0.29, 0.717) is 0 Å². The molecular weight excluding hydrogens is 155 g/mol. The van der Waals surface area contributed by atoms with Crippen molar-refractivity contribution in [3.63, 3.8) is 0 Å². The van der Waals surface area contributed by atoms with Crippen LogP contribution in [-0.4, -0.2) is 32.1 Å². The lowest BCUT2D eigenvalue weighted by atomic mass is 10.1. The zero-order valence-corrected chi connectivity index (χ0v) is 5.44. The summed E-state index contributed by atoms with van der Waals surface area (Å²) in [5, 5.41) is 0. The van der Waals surface area contributed by atoms with Crippen LogP contribution in [0.3, 0.4) is 0 Å². The van der Waals surface area contributed by atoms with Crippen molar-refractivity contribution in [2.24, 2.45) is 0 Å². The lowest BCUT2D eigenvalue weighted by molar-refractivity contribution is -0.135. The summed E-state index contributed by atoms with van der Waals surface area (Å²) >= 11 is 0. The number of rotatable bonds is 0. The van der Waals surface area contributed by atoms with Gasteiger partial charge in [-0.15, -0.1) is 0 Å². The van der Waals surface area contributed by atoms with E-state index in [1.54, 1.807) is 0 Å². The molecule has 0 bridgehead atoms. The number of hydrogen-bond acceptors (Lipinski definition) is 6. The molecule has 0 aliphatic carbocycles. The molecule has 0 atom stereocenters. The smallest absolute Gasteiger partial charge is 0.606 e. The van der Waals surface area contributed by atoms with Gasteiger partial charge in [-0.2, -0.15) is 0 Å². The van der Waals surface area contributed by atoms with Gasteiger partial charge in [0.15, 0.2) is 0 Å². The van der Waals surface area contributed by atoms with Gasteiger partial charge in [-0.25, -0.2) is 0 Å². The van der Waals surface area contributed by atoms with Crippen molar-refractivity contribution >= 4 is 18.9 Å². The van der Waals surface area contributed by atoms with Crippen molar-refractivity contribution < 1.29 is 28.2 Å². The number of hydrogen-bond donors (Lipinski definition) is 0. The molecule has 0 aromatic rings. The Morgan fingerprint density at radius 1 is 1.00 bits per heavy atom. The third kappa shape index (κ3) is 0.977. The molecule has 2 rings (SSSR count). The fourth-order valence-corrected chi connectivity index (χ4v) is 0.938. The second-order valence-corrected chi connectivity index (χ2v) is 2.18. The SMILES string of the molecule is O=C1CO[B-]2(OCC(=O)O2)O1. The van der Waals surface area contributed by atoms with Gasteiger partial charge in [0, 0.05) is 0 Å². The summed E-state index contributed by atoms with van der Waals surface area (Å²) in [7, 11) is 0. The first kappa shape index (κ1) is 6.62. The van der Waals surface area contributed by atoms with E-state index in [1.165, 1.54) is 0 Å². The molecule has 60 valence electrons. The summed E-state index contributed by atoms with van der Waals surface area (Å²) in [5.41, 5.74) is 0. The molecule has 11 heavy (non-hydrogen) atoms. The first-order chi connectivity index (χ1) is 5.20. The maximum atomic E-state index is 10.5. The Hall–Kier alpha value is -1.08. The van der Waals surface area contributed by atoms with Crippen molar-refractivity contribution in [3.8, 4) is 0 Å². The zero-order valence-electron chi connectivity index (χ0n) is 5.44. The minimum atomic E-state index is -2.51. The van der Waals surface area contributed by atoms with Crippen molar-refractivity contribution in [1.82, 2.24) is 0 Å². The third-order valence-corrected chi connectivity index (χ3v) is 1.36. The molecule has 7 heteroatoms. The standard InChI is InChI=1S/C4H4BO6/c6-3-1-8-5(10-3)9-2-4(7)11-5/h1-2H2/q-1. The molecule has 2 aliphatic heterocycles. The van der Waals surface area contributed by atoms with E-state index in [2.05, 4.69) is 9.31 Å². The second-order valence-electron chi connectivity index (χ2n) is 2.18. The lowest BCUT2D eigenvalue weighted by Gasteiger charge is -2.23. The first-order valence-electron chi connectivity index (χ1n) is 3.04. The van der Waals surface area contributed by atoms with Crippen LogP contribution in [0.2, 0.25) is 0 Å². The van der Waals surface area contributed by atoms with Gasteiger partial charge in [-0.3, -0.25) is 9.59 Å². The average Bonchev–Trinajstić information content (AvgIpc) is 2.44. The fourth-order valence-electron chi connectivity index (χ4n) is 0.938. The van der Waals surface area contributed by atoms with Crippen LogP contribution < -0.4 is 0 Å². The van der Waals surface area contributed by atoms with Crippen LogP contribution >= 0.6 is 0 Å². The van der Waals surface area contributed by atoms with E-state index in [0.717, 1.165) is 0 Å². The Labute approximate surface area is 61.4 Å². The number of carbonyl (C=O) groups excluding carboxylic acids is 2. The van der Waals surface area contributed by atoms with E-state index < -0.39 is 18.9 Å². The van der Waals surface area contributed by atoms with Gasteiger partial charge in [0.05, 0.1) is 0 Å². The highest BCUT2D eigenvalue weighted by Crippen LogP contribution is 2.22. The third-order valence-electron chi connectivity index (χ3n) is 1.36. The Bertz CT molecular complexity index is 201. The fraction of sp³-hybridized carbons (Fsp3) is 0.500. The van der Waals surface area contributed by atoms with E-state index in [1.807, 2.05) is 0 Å². The van der Waals surface area contributed by atoms with Crippen molar-refractivity contribution in [2.75, 3.05) is 13.2 Å². The van der Waals surface area contributed by atoms with Gasteiger partial charge in [-0.05, 0) is 0 Å². The molecule has 2 saturated heterocycles. The first-order valence-corrected chi connectivity index (χ1v) is 3.04. The van der Waals surface area contributed by atoms with Crippen LogP contribution in [-0.2, 0) is 28.2 Å². The summed E-state index contributed by atoms with van der Waals surface area (Å²) < 4.78 is 18.5. The van der Waals surface area contributed by atoms with Crippen molar-refractivity contribution in [3.05, 3.63) is 0 Å². The molecule has 0 aromatic carbocycles. The molecule has 2 heterocycles. The molecule has 1 spiro atoms. The van der Waals surface area contributed by atoms with E-state index >= 15 is 0 Å². The Balaban J connectivity index is 2.13. The average molecular weight is 159 g/mol. The quantitative estimate of drug-likeness (QED) is 0.403. The minimum Gasteiger partial charge on any atom is -0.606 e. The van der Waals surface area contributed by atoms with E-state index in [9.17, 15) is 9.59 Å². The maximum Gasteiger partial charge on any atom is 0.656 e. The van der Waals surface area contributed by atoms with Gasteiger partial charge >= 0.3 is 6.96 Å². The molecule has 0 radical (unpaired) electrons. The summed E-state index contributed by atoms with van der Waals surface area (Å²) in [5.74, 6) is -1.17. The van der Waals surface area contributed by atoms with Crippen LogP contribution in [0.25, 0.3) is 0 Å². The normalized spacial score (nSPS) is 27.3. The molecule has 0 N–H and O–H groups in total. The molecule has 0 aromatic heterocycles. The summed E-state index contributed by atoms with van der Waals surface area (Å²) in [4.78, 5) is 21.0. The second kappa shape index (κ2) is 1.96. The molecule has 0 saturated carbocycles. The van der Waals surface area contributed by atoms with E-state index in [4.69, 9.17) is 9.31 Å². The zero-order chi connectivity index (χ0) is 7.90.